The fourth-order valence-corrected chi connectivity index (χ4v) is 2.15. The van der Waals surface area contributed by atoms with Crippen molar-refractivity contribution in [1.29, 1.82) is 0 Å². The van der Waals surface area contributed by atoms with Crippen LogP contribution >= 0.6 is 23.2 Å². The first-order valence-electron chi connectivity index (χ1n) is 6.01. The Labute approximate surface area is 123 Å². The lowest BCUT2D eigenvalue weighted by Gasteiger charge is -2.18. The van der Waals surface area contributed by atoms with Crippen LogP contribution in [0.1, 0.15) is 11.6 Å². The first kappa shape index (κ1) is 14.2. The molecule has 0 aliphatic carbocycles. The third-order valence-electron chi connectivity index (χ3n) is 2.87. The summed E-state index contributed by atoms with van der Waals surface area (Å²) >= 11 is 12.0. The number of ether oxygens (including phenoxy) is 1. The van der Waals surface area contributed by atoms with Crippen LogP contribution in [0.15, 0.2) is 48.5 Å². The molecule has 0 aromatic heterocycles. The van der Waals surface area contributed by atoms with Crippen LogP contribution in [0.5, 0.6) is 5.75 Å². The van der Waals surface area contributed by atoms with Crippen LogP contribution in [0, 0.1) is 0 Å². The average Bonchev–Trinajstić information content (AvgIpc) is 2.45. The van der Waals surface area contributed by atoms with Gasteiger partial charge in [-0.3, -0.25) is 0 Å². The maximum absolute atomic E-state index is 6.09. The van der Waals surface area contributed by atoms with E-state index < -0.39 is 0 Å². The van der Waals surface area contributed by atoms with E-state index in [0.717, 1.165) is 0 Å². The Balaban J connectivity index is 2.06. The van der Waals surface area contributed by atoms with E-state index in [1.54, 1.807) is 6.07 Å². The predicted octanol–water partition coefficient (Wildman–Crippen LogP) is 4.33. The van der Waals surface area contributed by atoms with E-state index in [1.165, 1.54) is 5.56 Å². The van der Waals surface area contributed by atoms with Gasteiger partial charge in [0.15, 0.2) is 0 Å². The van der Waals surface area contributed by atoms with Crippen molar-refractivity contribution in [2.24, 2.45) is 0 Å². The van der Waals surface area contributed by atoms with E-state index in [4.69, 9.17) is 27.9 Å². The molecular formula is C15H15Cl2NO. The number of likely N-dealkylation sites (N-methyl/N-ethyl adjacent to an activating group) is 1. The summed E-state index contributed by atoms with van der Waals surface area (Å²) in [5.74, 6) is 0.602. The summed E-state index contributed by atoms with van der Waals surface area (Å²) < 4.78 is 5.75. The van der Waals surface area contributed by atoms with Crippen molar-refractivity contribution in [2.45, 2.75) is 6.04 Å². The molecule has 0 unspecified atom stereocenters. The van der Waals surface area contributed by atoms with Crippen LogP contribution in [0.2, 0.25) is 10.0 Å². The van der Waals surface area contributed by atoms with E-state index in [1.807, 2.05) is 37.4 Å². The minimum Gasteiger partial charge on any atom is -0.490 e. The molecule has 0 fully saturated rings. The minimum absolute atomic E-state index is 0.108. The van der Waals surface area contributed by atoms with Gasteiger partial charge in [0, 0.05) is 0 Å². The van der Waals surface area contributed by atoms with E-state index in [2.05, 4.69) is 17.4 Å². The molecule has 2 aromatic rings. The average molecular weight is 296 g/mol. The molecule has 0 heterocycles. The second-order valence-electron chi connectivity index (χ2n) is 4.11. The van der Waals surface area contributed by atoms with E-state index in [-0.39, 0.29) is 6.04 Å². The van der Waals surface area contributed by atoms with Crippen molar-refractivity contribution in [3.8, 4) is 5.75 Å². The standard InChI is InChI=1S/C15H15Cl2NO/c1-18-13(11-6-3-2-4-7-11)10-19-14-9-5-8-12(16)15(14)17/h2-9,13,18H,10H2,1H3/t13-/m0/s1. The van der Waals surface area contributed by atoms with Gasteiger partial charge in [0.05, 0.1) is 11.1 Å². The van der Waals surface area contributed by atoms with Crippen LogP contribution in [0.4, 0.5) is 0 Å². The molecule has 0 saturated carbocycles. The van der Waals surface area contributed by atoms with E-state index in [9.17, 15) is 0 Å². The monoisotopic (exact) mass is 295 g/mol. The maximum atomic E-state index is 6.09. The summed E-state index contributed by atoms with van der Waals surface area (Å²) in [6.07, 6.45) is 0. The zero-order valence-electron chi connectivity index (χ0n) is 10.6. The molecule has 19 heavy (non-hydrogen) atoms. The fourth-order valence-electron chi connectivity index (χ4n) is 1.80. The lowest BCUT2D eigenvalue weighted by molar-refractivity contribution is 0.273. The highest BCUT2D eigenvalue weighted by Crippen LogP contribution is 2.32. The quantitative estimate of drug-likeness (QED) is 0.886. The van der Waals surface area contributed by atoms with Crippen molar-refractivity contribution in [2.75, 3.05) is 13.7 Å². The second kappa shape index (κ2) is 6.80. The summed E-state index contributed by atoms with van der Waals surface area (Å²) in [4.78, 5) is 0. The highest BCUT2D eigenvalue weighted by Gasteiger charge is 2.11. The van der Waals surface area contributed by atoms with Gasteiger partial charge in [-0.05, 0) is 24.7 Å². The van der Waals surface area contributed by atoms with Gasteiger partial charge in [-0.1, -0.05) is 59.6 Å². The SMILES string of the molecule is CN[C@@H](COc1cccc(Cl)c1Cl)c1ccccc1. The molecule has 2 rings (SSSR count). The smallest absolute Gasteiger partial charge is 0.139 e. The molecule has 2 aromatic carbocycles. The number of nitrogens with one attached hydrogen (secondary N) is 1. The number of hydrogen-bond donors (Lipinski definition) is 1. The first-order chi connectivity index (χ1) is 9.22. The van der Waals surface area contributed by atoms with Gasteiger partial charge in [-0.25, -0.2) is 0 Å². The van der Waals surface area contributed by atoms with Gasteiger partial charge in [-0.15, -0.1) is 0 Å². The zero-order valence-corrected chi connectivity index (χ0v) is 12.1. The van der Waals surface area contributed by atoms with Crippen molar-refractivity contribution in [1.82, 2.24) is 5.32 Å². The molecule has 1 atom stereocenters. The molecule has 100 valence electrons. The molecule has 0 bridgehead atoms. The topological polar surface area (TPSA) is 21.3 Å². The predicted molar refractivity (Wildman–Crippen MR) is 80.2 cm³/mol. The summed E-state index contributed by atoms with van der Waals surface area (Å²) in [5.41, 5.74) is 1.17. The van der Waals surface area contributed by atoms with Gasteiger partial charge in [-0.2, -0.15) is 0 Å². The molecule has 4 heteroatoms. The lowest BCUT2D eigenvalue weighted by Crippen LogP contribution is -2.23. The molecule has 0 radical (unpaired) electrons. The normalized spacial score (nSPS) is 12.2. The minimum atomic E-state index is 0.108. The van der Waals surface area contributed by atoms with Crippen molar-refractivity contribution < 1.29 is 4.74 Å². The Hall–Kier alpha value is -1.22. The first-order valence-corrected chi connectivity index (χ1v) is 6.77. The third kappa shape index (κ3) is 3.63. The fraction of sp³-hybridized carbons (Fsp3) is 0.200. The third-order valence-corrected chi connectivity index (χ3v) is 3.67. The maximum Gasteiger partial charge on any atom is 0.139 e. The molecule has 0 aliphatic rings. The van der Waals surface area contributed by atoms with Crippen LogP contribution in [-0.4, -0.2) is 13.7 Å². The molecular weight excluding hydrogens is 281 g/mol. The van der Waals surface area contributed by atoms with Gasteiger partial charge >= 0.3 is 0 Å². The van der Waals surface area contributed by atoms with Gasteiger partial charge in [0.1, 0.15) is 17.4 Å². The van der Waals surface area contributed by atoms with Crippen molar-refractivity contribution in [3.63, 3.8) is 0 Å². The number of benzene rings is 2. The van der Waals surface area contributed by atoms with E-state index in [0.29, 0.717) is 22.4 Å². The molecule has 1 N–H and O–H groups in total. The highest BCUT2D eigenvalue weighted by molar-refractivity contribution is 6.42. The summed E-state index contributed by atoms with van der Waals surface area (Å²) in [6.45, 7) is 0.487. The van der Waals surface area contributed by atoms with Gasteiger partial charge in [0.25, 0.3) is 0 Å². The van der Waals surface area contributed by atoms with Crippen LogP contribution in [0.3, 0.4) is 0 Å². The molecule has 0 aliphatic heterocycles. The molecule has 0 spiro atoms. The Morgan fingerprint density at radius 3 is 2.47 bits per heavy atom. The molecule has 0 saturated heterocycles. The molecule has 2 nitrogen and oxygen atoms in total. The summed E-state index contributed by atoms with van der Waals surface area (Å²) in [5, 5.41) is 4.17. The van der Waals surface area contributed by atoms with Gasteiger partial charge in [0.2, 0.25) is 0 Å². The van der Waals surface area contributed by atoms with Crippen LogP contribution < -0.4 is 10.1 Å². The Morgan fingerprint density at radius 2 is 1.79 bits per heavy atom. The van der Waals surface area contributed by atoms with Crippen LogP contribution in [0.25, 0.3) is 0 Å². The van der Waals surface area contributed by atoms with Crippen LogP contribution in [-0.2, 0) is 0 Å². The number of hydrogen-bond acceptors (Lipinski definition) is 2. The number of rotatable bonds is 5. The Morgan fingerprint density at radius 1 is 1.05 bits per heavy atom. The van der Waals surface area contributed by atoms with E-state index >= 15 is 0 Å². The summed E-state index contributed by atoms with van der Waals surface area (Å²) in [6, 6.07) is 15.6. The highest BCUT2D eigenvalue weighted by atomic mass is 35.5. The zero-order chi connectivity index (χ0) is 13.7. The van der Waals surface area contributed by atoms with Crippen molar-refractivity contribution >= 4 is 23.2 Å². The number of halogens is 2. The largest absolute Gasteiger partial charge is 0.490 e. The van der Waals surface area contributed by atoms with Gasteiger partial charge < -0.3 is 10.1 Å². The second-order valence-corrected chi connectivity index (χ2v) is 4.90. The Kier molecular flexibility index (Phi) is 5.08. The molecule has 0 amide bonds. The Bertz CT molecular complexity index is 531. The summed E-state index contributed by atoms with van der Waals surface area (Å²) in [7, 11) is 1.90. The van der Waals surface area contributed by atoms with Crippen molar-refractivity contribution in [3.05, 3.63) is 64.1 Å². The lowest BCUT2D eigenvalue weighted by atomic mass is 10.1.